The number of benzene rings is 1. The summed E-state index contributed by atoms with van der Waals surface area (Å²) < 4.78 is 43.7. The van der Waals surface area contributed by atoms with Crippen LogP contribution in [-0.4, -0.2) is 47.2 Å². The lowest BCUT2D eigenvalue weighted by Gasteiger charge is -2.36. The van der Waals surface area contributed by atoms with Gasteiger partial charge in [-0.1, -0.05) is 0 Å². The van der Waals surface area contributed by atoms with Crippen molar-refractivity contribution >= 4 is 12.1 Å². The highest BCUT2D eigenvalue weighted by atomic mass is 19.4. The lowest BCUT2D eigenvalue weighted by atomic mass is 9.98. The normalized spacial score (nSPS) is 13.8. The van der Waals surface area contributed by atoms with E-state index in [1.165, 1.54) is 11.8 Å². The summed E-state index contributed by atoms with van der Waals surface area (Å²) in [6, 6.07) is 6.24. The van der Waals surface area contributed by atoms with E-state index in [1.54, 1.807) is 0 Å². The molecular weight excluding hydrogens is 523 g/mol. The fourth-order valence-electron chi connectivity index (χ4n) is 4.78. The smallest absolute Gasteiger partial charge is 0.381 e. The molecule has 4 rings (SSSR count). The molecule has 1 fully saturated rings. The number of aromatic nitrogens is 3. The molecule has 0 unspecified atom stereocenters. The minimum absolute atomic E-state index is 0.133. The number of nitrogens with one attached hydrogen (secondary N) is 2. The zero-order valence-corrected chi connectivity index (χ0v) is 23.5. The summed E-state index contributed by atoms with van der Waals surface area (Å²) in [5, 5.41) is 2.47. The van der Waals surface area contributed by atoms with Gasteiger partial charge in [-0.2, -0.15) is 13.2 Å². The monoisotopic (exact) mass is 559 g/mol. The quantitative estimate of drug-likeness (QED) is 0.395. The second-order valence-electron chi connectivity index (χ2n) is 9.79. The van der Waals surface area contributed by atoms with Crippen LogP contribution in [0.15, 0.2) is 35.4 Å². The number of amides is 1. The summed E-state index contributed by atoms with van der Waals surface area (Å²) in [6.07, 6.45) is 0.0235. The van der Waals surface area contributed by atoms with E-state index in [-0.39, 0.29) is 12.1 Å². The molecule has 1 aliphatic rings. The molecule has 0 bridgehead atoms. The molecule has 2 N–H and O–H groups in total. The third-order valence-corrected chi connectivity index (χ3v) is 7.02. The van der Waals surface area contributed by atoms with Crippen molar-refractivity contribution in [2.45, 2.75) is 66.2 Å². The summed E-state index contributed by atoms with van der Waals surface area (Å²) in [4.78, 5) is 34.0. The molecule has 8 nitrogen and oxygen atoms in total. The minimum Gasteiger partial charge on any atom is -0.381 e. The van der Waals surface area contributed by atoms with Gasteiger partial charge in [-0.05, 0) is 82.3 Å². The van der Waals surface area contributed by atoms with Crippen LogP contribution >= 0.6 is 0 Å². The van der Waals surface area contributed by atoms with E-state index < -0.39 is 11.9 Å². The molecule has 1 amide bonds. The third kappa shape index (κ3) is 7.68. The first-order valence-corrected chi connectivity index (χ1v) is 13.2. The molecule has 0 aliphatic carbocycles. The van der Waals surface area contributed by atoms with Crippen LogP contribution in [0, 0.1) is 27.7 Å². The Kier molecular flexibility index (Phi) is 10.4. The van der Waals surface area contributed by atoms with Crippen LogP contribution in [0.3, 0.4) is 0 Å². The van der Waals surface area contributed by atoms with Crippen LogP contribution in [0.4, 0.5) is 18.9 Å². The van der Waals surface area contributed by atoms with Crippen LogP contribution in [0.1, 0.15) is 53.4 Å². The Morgan fingerprint density at radius 3 is 2.33 bits per heavy atom. The van der Waals surface area contributed by atoms with E-state index in [1.807, 2.05) is 39.0 Å². The SMILES string of the molecule is CCN(c1cc(-c2cnc(C(F)(F)F)cn2)cc(C)c1C)C1CCOCC1.Cc1cc(C)c(CNC=O)c(=O)[nH]1. The number of H-pyrrole nitrogens is 1. The van der Waals surface area contributed by atoms with E-state index in [9.17, 15) is 22.8 Å². The van der Waals surface area contributed by atoms with Crippen molar-refractivity contribution in [2.24, 2.45) is 0 Å². The number of hydrogen-bond acceptors (Lipinski definition) is 6. The highest BCUT2D eigenvalue weighted by Crippen LogP contribution is 2.33. The van der Waals surface area contributed by atoms with Gasteiger partial charge < -0.3 is 19.9 Å². The van der Waals surface area contributed by atoms with Crippen LogP contribution in [0.5, 0.6) is 0 Å². The van der Waals surface area contributed by atoms with E-state index in [4.69, 9.17) is 4.74 Å². The Hall–Kier alpha value is -3.73. The Morgan fingerprint density at radius 1 is 1.07 bits per heavy atom. The summed E-state index contributed by atoms with van der Waals surface area (Å²) >= 11 is 0. The van der Waals surface area contributed by atoms with Gasteiger partial charge >= 0.3 is 6.18 Å². The Balaban J connectivity index is 0.000000285. The van der Waals surface area contributed by atoms with Gasteiger partial charge in [-0.25, -0.2) is 4.98 Å². The Morgan fingerprint density at radius 2 is 1.77 bits per heavy atom. The van der Waals surface area contributed by atoms with Crippen molar-refractivity contribution in [1.29, 1.82) is 0 Å². The van der Waals surface area contributed by atoms with Gasteiger partial charge in [0.2, 0.25) is 6.41 Å². The molecule has 40 heavy (non-hydrogen) atoms. The van der Waals surface area contributed by atoms with E-state index in [0.29, 0.717) is 23.7 Å². The van der Waals surface area contributed by atoms with Crippen LogP contribution in [0.25, 0.3) is 11.3 Å². The van der Waals surface area contributed by atoms with Crippen molar-refractivity contribution in [3.05, 3.63) is 74.6 Å². The van der Waals surface area contributed by atoms with Crippen molar-refractivity contribution in [3.63, 3.8) is 0 Å². The Bertz CT molecular complexity index is 1350. The molecule has 1 aromatic carbocycles. The second-order valence-corrected chi connectivity index (χ2v) is 9.79. The number of alkyl halides is 3. The molecule has 0 spiro atoms. The highest BCUT2D eigenvalue weighted by molar-refractivity contribution is 5.70. The van der Waals surface area contributed by atoms with Crippen molar-refractivity contribution in [1.82, 2.24) is 20.3 Å². The molecule has 0 atom stereocenters. The van der Waals surface area contributed by atoms with Gasteiger partial charge in [0.15, 0.2) is 5.69 Å². The average Bonchev–Trinajstić information content (AvgIpc) is 2.91. The number of carbonyl (C=O) groups excluding carboxylic acids is 1. The highest BCUT2D eigenvalue weighted by Gasteiger charge is 2.33. The fourth-order valence-corrected chi connectivity index (χ4v) is 4.78. The Labute approximate surface area is 232 Å². The molecule has 2 aromatic heterocycles. The van der Waals surface area contributed by atoms with Gasteiger partial charge in [0, 0.05) is 54.9 Å². The zero-order valence-electron chi connectivity index (χ0n) is 23.5. The average molecular weight is 560 g/mol. The molecule has 0 radical (unpaired) electrons. The number of carbonyl (C=O) groups is 1. The number of nitrogens with zero attached hydrogens (tertiary/aromatic N) is 3. The summed E-state index contributed by atoms with van der Waals surface area (Å²) in [5.74, 6) is 0. The van der Waals surface area contributed by atoms with Gasteiger partial charge in [0.1, 0.15) is 0 Å². The number of aryl methyl sites for hydroxylation is 3. The molecule has 1 aliphatic heterocycles. The maximum atomic E-state index is 12.7. The standard InChI is InChI=1S/C20H24F3N3O.C9H12N2O2/c1-4-26(16-5-7-27-8-6-16)18-10-15(9-13(2)14(18)3)17-11-25-19(12-24-17)20(21,22)23;1-6-3-7(2)11-9(13)8(6)4-10-5-12/h9-12,16H,4-8H2,1-3H3;3,5H,4H2,1-2H3,(H,10,12)(H,11,13). The maximum Gasteiger partial charge on any atom is 0.434 e. The largest absolute Gasteiger partial charge is 0.434 e. The molecule has 3 aromatic rings. The predicted octanol–water partition coefficient (Wildman–Crippen LogP) is 5.02. The third-order valence-electron chi connectivity index (χ3n) is 7.02. The molecule has 11 heteroatoms. The first-order chi connectivity index (χ1) is 19.0. The van der Waals surface area contributed by atoms with Crippen LogP contribution in [-0.2, 0) is 22.3 Å². The molecule has 0 saturated carbocycles. The fraction of sp³-hybridized carbons (Fsp3) is 0.448. The zero-order chi connectivity index (χ0) is 29.4. The van der Waals surface area contributed by atoms with E-state index in [0.717, 1.165) is 66.9 Å². The number of anilines is 1. The number of hydrogen-bond donors (Lipinski definition) is 2. The summed E-state index contributed by atoms with van der Waals surface area (Å²) in [6.45, 7) is 12.5. The van der Waals surface area contributed by atoms with Crippen molar-refractivity contribution < 1.29 is 22.7 Å². The van der Waals surface area contributed by atoms with Gasteiger partial charge in [0.25, 0.3) is 5.56 Å². The van der Waals surface area contributed by atoms with Gasteiger partial charge in [0.05, 0.1) is 18.1 Å². The number of halogens is 3. The lowest BCUT2D eigenvalue weighted by molar-refractivity contribution is -0.141. The maximum absolute atomic E-state index is 12.7. The summed E-state index contributed by atoms with van der Waals surface area (Å²) in [5.41, 5.74) is 5.79. The topological polar surface area (TPSA) is 100 Å². The first-order valence-electron chi connectivity index (χ1n) is 13.2. The number of ether oxygens (including phenoxy) is 1. The van der Waals surface area contributed by atoms with E-state index >= 15 is 0 Å². The minimum atomic E-state index is -4.48. The van der Waals surface area contributed by atoms with Crippen molar-refractivity contribution in [3.8, 4) is 11.3 Å². The van der Waals surface area contributed by atoms with Crippen LogP contribution < -0.4 is 15.8 Å². The number of pyridine rings is 1. The molecule has 3 heterocycles. The second kappa shape index (κ2) is 13.6. The van der Waals surface area contributed by atoms with Crippen molar-refractivity contribution in [2.75, 3.05) is 24.7 Å². The number of aromatic amines is 1. The van der Waals surface area contributed by atoms with Gasteiger partial charge in [-0.3, -0.25) is 14.6 Å². The molecule has 216 valence electrons. The van der Waals surface area contributed by atoms with E-state index in [2.05, 4.69) is 39.0 Å². The predicted molar refractivity (Wildman–Crippen MR) is 148 cm³/mol. The molecular formula is C29H36F3N5O3. The van der Waals surface area contributed by atoms with Crippen LogP contribution in [0.2, 0.25) is 0 Å². The summed E-state index contributed by atoms with van der Waals surface area (Å²) in [7, 11) is 0. The first kappa shape index (κ1) is 30.8. The number of rotatable bonds is 7. The van der Waals surface area contributed by atoms with Gasteiger partial charge in [-0.15, -0.1) is 0 Å². The molecule has 1 saturated heterocycles. The lowest BCUT2D eigenvalue weighted by Crippen LogP contribution is -2.39.